The Morgan fingerprint density at radius 1 is 1.29 bits per heavy atom. The van der Waals surface area contributed by atoms with Crippen LogP contribution >= 0.6 is 0 Å². The fraction of sp³-hybridized carbons (Fsp3) is 0.235. The largest absolute Gasteiger partial charge is 0.375 e. The number of rotatable bonds is 3. The van der Waals surface area contributed by atoms with Crippen molar-refractivity contribution in [1.82, 2.24) is 10.3 Å². The smallest absolute Gasteiger partial charge is 0.188 e. The van der Waals surface area contributed by atoms with Gasteiger partial charge in [0.05, 0.1) is 11.2 Å². The minimum Gasteiger partial charge on any atom is -0.375 e. The van der Waals surface area contributed by atoms with Gasteiger partial charge < -0.3 is 10.2 Å². The molecule has 21 heavy (non-hydrogen) atoms. The van der Waals surface area contributed by atoms with E-state index in [4.69, 9.17) is 4.98 Å². The van der Waals surface area contributed by atoms with Crippen molar-refractivity contribution in [2.75, 3.05) is 18.5 Å². The van der Waals surface area contributed by atoms with Gasteiger partial charge in [0.25, 0.3) is 0 Å². The van der Waals surface area contributed by atoms with Crippen molar-refractivity contribution < 1.29 is 4.39 Å². The van der Waals surface area contributed by atoms with E-state index in [2.05, 4.69) is 42.4 Å². The third kappa shape index (κ3) is 2.75. The van der Waals surface area contributed by atoms with Crippen LogP contribution in [-0.4, -0.2) is 24.9 Å². The summed E-state index contributed by atoms with van der Waals surface area (Å²) in [6, 6.07) is 10.3. The molecule has 1 atom stereocenters. The molecular formula is C17H18FN3. The average Bonchev–Trinajstić information content (AvgIpc) is 2.53. The van der Waals surface area contributed by atoms with E-state index in [-0.39, 0.29) is 0 Å². The molecule has 4 heteroatoms. The summed E-state index contributed by atoms with van der Waals surface area (Å²) in [5.74, 6) is 0. The number of benzene rings is 1. The molecule has 2 heterocycles. The number of nitrogens with one attached hydrogen (secondary N) is 1. The molecular weight excluding hydrogens is 265 g/mol. The molecule has 1 aromatic heterocycles. The third-order valence-electron chi connectivity index (χ3n) is 3.73. The maximum atomic E-state index is 13.0. The van der Waals surface area contributed by atoms with E-state index < -0.39 is 6.30 Å². The van der Waals surface area contributed by atoms with E-state index in [1.165, 1.54) is 6.08 Å². The summed E-state index contributed by atoms with van der Waals surface area (Å²) in [6.07, 6.45) is 3.81. The lowest BCUT2D eigenvalue weighted by Gasteiger charge is -2.17. The molecule has 0 aliphatic carbocycles. The predicted molar refractivity (Wildman–Crippen MR) is 85.8 cm³/mol. The van der Waals surface area contributed by atoms with Crippen LogP contribution in [0, 0.1) is 0 Å². The van der Waals surface area contributed by atoms with Crippen LogP contribution in [0.5, 0.6) is 0 Å². The van der Waals surface area contributed by atoms with E-state index >= 15 is 0 Å². The number of pyridine rings is 1. The SMILES string of the molecule is CCN(C)c1ccc2ccc(C3=CN[C@H](F)C=C3)nc2c1. The highest BCUT2D eigenvalue weighted by Gasteiger charge is 2.09. The first-order valence-corrected chi connectivity index (χ1v) is 7.08. The Bertz CT molecular complexity index is 721. The van der Waals surface area contributed by atoms with E-state index in [1.54, 1.807) is 12.3 Å². The van der Waals surface area contributed by atoms with Crippen molar-refractivity contribution in [3.63, 3.8) is 0 Å². The summed E-state index contributed by atoms with van der Waals surface area (Å²) in [4.78, 5) is 6.86. The van der Waals surface area contributed by atoms with Crippen molar-refractivity contribution in [3.8, 4) is 0 Å². The Balaban J connectivity index is 2.00. The number of hydrogen-bond acceptors (Lipinski definition) is 3. The van der Waals surface area contributed by atoms with Crippen LogP contribution < -0.4 is 10.2 Å². The lowest BCUT2D eigenvalue weighted by Crippen LogP contribution is -2.19. The van der Waals surface area contributed by atoms with Crippen molar-refractivity contribution >= 4 is 22.2 Å². The standard InChI is InChI=1S/C17H18FN3/c1-3-21(2)14-7-4-12-5-8-15(20-16(12)10-14)13-6-9-17(18)19-11-13/h4-11,17,19H,3H2,1-2H3/t17-/m0/s1. The molecule has 1 aromatic carbocycles. The van der Waals surface area contributed by atoms with Crippen LogP contribution in [0.15, 0.2) is 48.7 Å². The Kier molecular flexibility index (Phi) is 3.60. The Morgan fingerprint density at radius 2 is 2.10 bits per heavy atom. The molecule has 1 N–H and O–H groups in total. The lowest BCUT2D eigenvalue weighted by molar-refractivity contribution is 0.365. The monoisotopic (exact) mass is 283 g/mol. The van der Waals surface area contributed by atoms with Gasteiger partial charge in [-0.05, 0) is 31.2 Å². The normalized spacial score (nSPS) is 17.5. The zero-order valence-corrected chi connectivity index (χ0v) is 12.2. The molecule has 0 bridgehead atoms. The van der Waals surface area contributed by atoms with Gasteiger partial charge in [-0.1, -0.05) is 18.2 Å². The highest BCUT2D eigenvalue weighted by Crippen LogP contribution is 2.23. The first-order chi connectivity index (χ1) is 10.2. The summed E-state index contributed by atoms with van der Waals surface area (Å²) in [7, 11) is 2.06. The number of aromatic nitrogens is 1. The number of allylic oxidation sites excluding steroid dienone is 2. The molecule has 0 fully saturated rings. The second-order valence-corrected chi connectivity index (χ2v) is 5.11. The molecule has 0 spiro atoms. The van der Waals surface area contributed by atoms with E-state index in [0.717, 1.165) is 34.4 Å². The predicted octanol–water partition coefficient (Wildman–Crippen LogP) is 3.49. The maximum absolute atomic E-state index is 13.0. The van der Waals surface area contributed by atoms with Gasteiger partial charge in [-0.15, -0.1) is 0 Å². The molecule has 0 radical (unpaired) electrons. The van der Waals surface area contributed by atoms with Crippen LogP contribution in [-0.2, 0) is 0 Å². The molecule has 3 nitrogen and oxygen atoms in total. The summed E-state index contributed by atoms with van der Waals surface area (Å²) in [6.45, 7) is 3.06. The van der Waals surface area contributed by atoms with E-state index in [1.807, 2.05) is 12.1 Å². The minimum absolute atomic E-state index is 0.842. The van der Waals surface area contributed by atoms with Crippen molar-refractivity contribution in [2.24, 2.45) is 0 Å². The minimum atomic E-state index is -1.11. The molecule has 0 saturated carbocycles. The number of dihydropyridines is 1. The highest BCUT2D eigenvalue weighted by molar-refractivity contribution is 5.85. The fourth-order valence-electron chi connectivity index (χ4n) is 2.31. The van der Waals surface area contributed by atoms with Crippen molar-refractivity contribution in [3.05, 3.63) is 54.4 Å². The van der Waals surface area contributed by atoms with Crippen LogP contribution in [0.2, 0.25) is 0 Å². The Morgan fingerprint density at radius 3 is 2.81 bits per heavy atom. The van der Waals surface area contributed by atoms with Gasteiger partial charge >= 0.3 is 0 Å². The van der Waals surface area contributed by atoms with Gasteiger partial charge in [-0.2, -0.15) is 0 Å². The second-order valence-electron chi connectivity index (χ2n) is 5.11. The van der Waals surface area contributed by atoms with Gasteiger partial charge in [0, 0.05) is 36.4 Å². The molecule has 0 amide bonds. The zero-order valence-electron chi connectivity index (χ0n) is 12.2. The average molecular weight is 283 g/mol. The summed E-state index contributed by atoms with van der Waals surface area (Å²) in [5, 5.41) is 3.75. The number of halogens is 1. The lowest BCUT2D eigenvalue weighted by atomic mass is 10.1. The number of alkyl halides is 1. The zero-order chi connectivity index (χ0) is 14.8. The third-order valence-corrected chi connectivity index (χ3v) is 3.73. The van der Waals surface area contributed by atoms with E-state index in [9.17, 15) is 4.39 Å². The summed E-state index contributed by atoms with van der Waals surface area (Å²) in [5.41, 5.74) is 3.82. The maximum Gasteiger partial charge on any atom is 0.188 e. The number of anilines is 1. The van der Waals surface area contributed by atoms with Gasteiger partial charge in [-0.3, -0.25) is 0 Å². The molecule has 0 saturated heterocycles. The van der Waals surface area contributed by atoms with Crippen LogP contribution in [0.25, 0.3) is 16.5 Å². The Hall–Kier alpha value is -2.36. The molecule has 1 aliphatic rings. The van der Waals surface area contributed by atoms with Crippen LogP contribution in [0.1, 0.15) is 12.6 Å². The summed E-state index contributed by atoms with van der Waals surface area (Å²) >= 11 is 0. The highest BCUT2D eigenvalue weighted by atomic mass is 19.1. The number of nitrogens with zero attached hydrogens (tertiary/aromatic N) is 2. The first-order valence-electron chi connectivity index (χ1n) is 7.08. The van der Waals surface area contributed by atoms with Crippen LogP contribution in [0.3, 0.4) is 0 Å². The fourth-order valence-corrected chi connectivity index (χ4v) is 2.31. The van der Waals surface area contributed by atoms with Gasteiger partial charge in [0.2, 0.25) is 0 Å². The number of fused-ring (bicyclic) bond motifs is 1. The topological polar surface area (TPSA) is 28.2 Å². The molecule has 3 rings (SSSR count). The molecule has 108 valence electrons. The van der Waals surface area contributed by atoms with E-state index in [0.29, 0.717) is 0 Å². The molecule has 0 unspecified atom stereocenters. The van der Waals surface area contributed by atoms with Crippen molar-refractivity contribution in [1.29, 1.82) is 0 Å². The molecule has 1 aliphatic heterocycles. The van der Waals surface area contributed by atoms with Gasteiger partial charge in [0.15, 0.2) is 6.30 Å². The van der Waals surface area contributed by atoms with Crippen LogP contribution in [0.4, 0.5) is 10.1 Å². The van der Waals surface area contributed by atoms with Gasteiger partial charge in [0.1, 0.15) is 0 Å². The van der Waals surface area contributed by atoms with Crippen molar-refractivity contribution in [2.45, 2.75) is 13.2 Å². The van der Waals surface area contributed by atoms with Gasteiger partial charge in [-0.25, -0.2) is 9.37 Å². The Labute approximate surface area is 123 Å². The second kappa shape index (κ2) is 5.56. The number of hydrogen-bond donors (Lipinski definition) is 1. The molecule has 2 aromatic rings. The first kappa shape index (κ1) is 13.6. The summed E-state index contributed by atoms with van der Waals surface area (Å²) < 4.78 is 13.0. The quantitative estimate of drug-likeness (QED) is 0.874.